The van der Waals surface area contributed by atoms with E-state index in [0.29, 0.717) is 0 Å². The van der Waals surface area contributed by atoms with Crippen molar-refractivity contribution in [3.05, 3.63) is 0 Å². The Balaban J connectivity index is 1.92. The van der Waals surface area contributed by atoms with Crippen LogP contribution in [-0.4, -0.2) is 25.4 Å². The van der Waals surface area contributed by atoms with Crippen LogP contribution in [0.1, 0.15) is 25.7 Å². The Kier molecular flexibility index (Phi) is 1.66. The second-order valence-corrected chi connectivity index (χ2v) is 3.25. The molecule has 2 fully saturated rings. The van der Waals surface area contributed by atoms with Crippen LogP contribution in [0, 0.1) is 0 Å². The van der Waals surface area contributed by atoms with Crippen molar-refractivity contribution in [3.8, 4) is 0 Å². The normalized spacial score (nSPS) is 40.8. The Labute approximate surface area is 61.5 Å². The zero-order valence-electron chi connectivity index (χ0n) is 6.27. The fraction of sp³-hybridized carbons (Fsp3) is 1.00. The Morgan fingerprint density at radius 2 is 1.80 bits per heavy atom. The van der Waals surface area contributed by atoms with E-state index < -0.39 is 0 Å². The van der Waals surface area contributed by atoms with Gasteiger partial charge in [0.25, 0.3) is 0 Å². The van der Waals surface area contributed by atoms with Crippen molar-refractivity contribution in [2.45, 2.75) is 31.3 Å². The topological polar surface area (TPSA) is 18.5 Å². The van der Waals surface area contributed by atoms with Gasteiger partial charge in [-0.3, -0.25) is 0 Å². The van der Waals surface area contributed by atoms with Gasteiger partial charge >= 0.3 is 0 Å². The Morgan fingerprint density at radius 3 is 2.50 bits per heavy atom. The van der Waals surface area contributed by atoms with Gasteiger partial charge in [-0.25, -0.2) is 0 Å². The third kappa shape index (κ3) is 1.06. The van der Waals surface area contributed by atoms with Crippen molar-refractivity contribution in [2.24, 2.45) is 0 Å². The van der Waals surface area contributed by atoms with Crippen molar-refractivity contribution in [2.75, 3.05) is 19.8 Å². The van der Waals surface area contributed by atoms with E-state index in [4.69, 9.17) is 9.47 Å². The van der Waals surface area contributed by atoms with Gasteiger partial charge in [-0.1, -0.05) is 0 Å². The maximum Gasteiger partial charge on any atom is 0.0727 e. The van der Waals surface area contributed by atoms with Crippen LogP contribution >= 0.6 is 0 Å². The first-order chi connectivity index (χ1) is 4.91. The van der Waals surface area contributed by atoms with Crippen LogP contribution in [0.5, 0.6) is 0 Å². The van der Waals surface area contributed by atoms with Crippen LogP contribution in [0.3, 0.4) is 0 Å². The Hall–Kier alpha value is -0.0800. The molecule has 2 aliphatic heterocycles. The number of rotatable bonds is 0. The van der Waals surface area contributed by atoms with Gasteiger partial charge in [0, 0.05) is 13.2 Å². The largest absolute Gasteiger partial charge is 0.381 e. The van der Waals surface area contributed by atoms with Crippen molar-refractivity contribution in [1.29, 1.82) is 0 Å². The van der Waals surface area contributed by atoms with Crippen molar-refractivity contribution >= 4 is 0 Å². The molecule has 0 bridgehead atoms. The van der Waals surface area contributed by atoms with Crippen LogP contribution in [0.4, 0.5) is 0 Å². The second-order valence-electron chi connectivity index (χ2n) is 3.25. The smallest absolute Gasteiger partial charge is 0.0727 e. The number of hydrogen-bond acceptors (Lipinski definition) is 2. The Morgan fingerprint density at radius 1 is 0.900 bits per heavy atom. The summed E-state index contributed by atoms with van der Waals surface area (Å²) in [5.41, 5.74) is 0.260. The fourth-order valence-electron chi connectivity index (χ4n) is 1.77. The summed E-state index contributed by atoms with van der Waals surface area (Å²) in [6.07, 6.45) is 4.77. The highest BCUT2D eigenvalue weighted by atomic mass is 16.5. The van der Waals surface area contributed by atoms with Crippen molar-refractivity contribution in [1.82, 2.24) is 0 Å². The zero-order valence-corrected chi connectivity index (χ0v) is 6.27. The van der Waals surface area contributed by atoms with Gasteiger partial charge in [-0.2, -0.15) is 0 Å². The summed E-state index contributed by atoms with van der Waals surface area (Å²) in [5.74, 6) is 0. The first-order valence-corrected chi connectivity index (χ1v) is 4.13. The molecule has 58 valence electrons. The lowest BCUT2D eigenvalue weighted by Gasteiger charge is -2.41. The molecule has 2 saturated heterocycles. The molecule has 2 rings (SSSR count). The molecule has 2 nitrogen and oxygen atoms in total. The molecule has 1 spiro atoms. The average Bonchev–Trinajstić information content (AvgIpc) is 2.08. The van der Waals surface area contributed by atoms with Crippen LogP contribution in [-0.2, 0) is 9.47 Å². The predicted octanol–water partition coefficient (Wildman–Crippen LogP) is 1.35. The molecular formula is C8H14O2. The standard InChI is InChI=1S/C8H14O2/c1-2-8(4-7-10-8)3-6-9-5-1/h1-7H2. The highest BCUT2D eigenvalue weighted by Crippen LogP contribution is 2.35. The lowest BCUT2D eigenvalue weighted by atomic mass is 9.87. The summed E-state index contributed by atoms with van der Waals surface area (Å²) in [6.45, 7) is 2.81. The van der Waals surface area contributed by atoms with Crippen LogP contribution in [0.2, 0.25) is 0 Å². The molecule has 10 heavy (non-hydrogen) atoms. The van der Waals surface area contributed by atoms with Crippen LogP contribution < -0.4 is 0 Å². The van der Waals surface area contributed by atoms with Crippen molar-refractivity contribution in [3.63, 3.8) is 0 Å². The molecular weight excluding hydrogens is 128 g/mol. The Bertz CT molecular complexity index is 108. The highest BCUT2D eigenvalue weighted by Gasteiger charge is 2.38. The zero-order chi connectivity index (χ0) is 6.86. The van der Waals surface area contributed by atoms with Gasteiger partial charge in [0.05, 0.1) is 12.2 Å². The lowest BCUT2D eigenvalue weighted by Crippen LogP contribution is -2.43. The average molecular weight is 142 g/mol. The first-order valence-electron chi connectivity index (χ1n) is 4.13. The minimum atomic E-state index is 0.260. The summed E-state index contributed by atoms with van der Waals surface area (Å²) >= 11 is 0. The molecule has 2 aliphatic rings. The number of hydrogen-bond donors (Lipinski definition) is 0. The molecule has 0 amide bonds. The lowest BCUT2D eigenvalue weighted by molar-refractivity contribution is -0.155. The minimum Gasteiger partial charge on any atom is -0.381 e. The van der Waals surface area contributed by atoms with E-state index in [1.807, 2.05) is 0 Å². The van der Waals surface area contributed by atoms with Gasteiger partial charge in [-0.05, 0) is 25.7 Å². The van der Waals surface area contributed by atoms with E-state index in [2.05, 4.69) is 0 Å². The molecule has 0 aromatic heterocycles. The molecule has 0 aromatic carbocycles. The predicted molar refractivity (Wildman–Crippen MR) is 38.0 cm³/mol. The van der Waals surface area contributed by atoms with Gasteiger partial charge in [0.1, 0.15) is 0 Å². The van der Waals surface area contributed by atoms with Crippen molar-refractivity contribution < 1.29 is 9.47 Å². The van der Waals surface area contributed by atoms with Crippen LogP contribution in [0.25, 0.3) is 0 Å². The first kappa shape index (κ1) is 6.62. The minimum absolute atomic E-state index is 0.260. The van der Waals surface area contributed by atoms with Gasteiger partial charge < -0.3 is 9.47 Å². The van der Waals surface area contributed by atoms with Gasteiger partial charge in [0.15, 0.2) is 0 Å². The van der Waals surface area contributed by atoms with E-state index >= 15 is 0 Å². The maximum absolute atomic E-state index is 5.56. The summed E-state index contributed by atoms with van der Waals surface area (Å²) in [6, 6.07) is 0. The quantitative estimate of drug-likeness (QED) is 0.508. The van der Waals surface area contributed by atoms with Gasteiger partial charge in [0.2, 0.25) is 0 Å². The molecule has 0 saturated carbocycles. The highest BCUT2D eigenvalue weighted by molar-refractivity contribution is 4.88. The third-order valence-corrected chi connectivity index (χ3v) is 2.59. The molecule has 1 unspecified atom stereocenters. The molecule has 0 radical (unpaired) electrons. The molecule has 2 heteroatoms. The molecule has 0 aliphatic carbocycles. The fourth-order valence-corrected chi connectivity index (χ4v) is 1.77. The van der Waals surface area contributed by atoms with E-state index in [1.165, 1.54) is 19.3 Å². The van der Waals surface area contributed by atoms with E-state index in [0.717, 1.165) is 26.2 Å². The summed E-state index contributed by atoms with van der Waals surface area (Å²) in [5, 5.41) is 0. The van der Waals surface area contributed by atoms with Crippen LogP contribution in [0.15, 0.2) is 0 Å². The second kappa shape index (κ2) is 2.51. The summed E-state index contributed by atoms with van der Waals surface area (Å²) < 4.78 is 10.9. The van der Waals surface area contributed by atoms with E-state index in [-0.39, 0.29) is 5.60 Å². The van der Waals surface area contributed by atoms with Gasteiger partial charge in [-0.15, -0.1) is 0 Å². The maximum atomic E-state index is 5.56. The number of ether oxygens (including phenoxy) is 2. The summed E-state index contributed by atoms with van der Waals surface area (Å²) in [7, 11) is 0. The molecule has 0 N–H and O–H groups in total. The monoisotopic (exact) mass is 142 g/mol. The molecule has 0 aromatic rings. The molecule has 1 atom stereocenters. The molecule has 2 heterocycles. The van der Waals surface area contributed by atoms with E-state index in [9.17, 15) is 0 Å². The summed E-state index contributed by atoms with van der Waals surface area (Å²) in [4.78, 5) is 0. The van der Waals surface area contributed by atoms with E-state index in [1.54, 1.807) is 0 Å². The SMILES string of the molecule is C1COCCC2(C1)CCO2. The third-order valence-electron chi connectivity index (χ3n) is 2.59.